The third kappa shape index (κ3) is 4.81. The maximum absolute atomic E-state index is 12.7. The van der Waals surface area contributed by atoms with Crippen molar-refractivity contribution < 1.29 is 17.9 Å². The molecule has 0 atom stereocenters. The van der Waals surface area contributed by atoms with Gasteiger partial charge >= 0.3 is 0 Å². The Morgan fingerprint density at radius 1 is 1.29 bits per heavy atom. The number of ether oxygens (including phenoxy) is 1. The van der Waals surface area contributed by atoms with Crippen molar-refractivity contribution in [2.24, 2.45) is 5.73 Å². The maximum atomic E-state index is 12.7. The summed E-state index contributed by atoms with van der Waals surface area (Å²) in [6, 6.07) is 4.63. The molecular weight excluding hydrogens is 356 g/mol. The lowest BCUT2D eigenvalue weighted by atomic mass is 10.2. The van der Waals surface area contributed by atoms with Crippen LogP contribution in [0.25, 0.3) is 0 Å². The van der Waals surface area contributed by atoms with E-state index in [2.05, 4.69) is 10.6 Å². The Hall–Kier alpha value is -1.39. The van der Waals surface area contributed by atoms with E-state index in [-0.39, 0.29) is 29.8 Å². The molecule has 24 heavy (non-hydrogen) atoms. The van der Waals surface area contributed by atoms with E-state index in [1.165, 1.54) is 16.4 Å². The molecule has 1 fully saturated rings. The van der Waals surface area contributed by atoms with E-state index in [1.807, 2.05) is 6.92 Å². The first-order valence-electron chi connectivity index (χ1n) is 7.44. The number of sulfonamides is 1. The first-order valence-corrected chi connectivity index (χ1v) is 8.88. The van der Waals surface area contributed by atoms with Gasteiger partial charge in [-0.1, -0.05) is 0 Å². The SMILES string of the molecule is CCNc1ccc(S(=O)(=O)N2CCOCC2)cc1NC(=O)CN.Cl. The van der Waals surface area contributed by atoms with Crippen molar-refractivity contribution in [2.45, 2.75) is 11.8 Å². The number of anilines is 2. The highest BCUT2D eigenvalue weighted by Gasteiger charge is 2.27. The highest BCUT2D eigenvalue weighted by atomic mass is 35.5. The predicted octanol–water partition coefficient (Wildman–Crippen LogP) is 0.458. The van der Waals surface area contributed by atoms with Gasteiger partial charge in [-0.15, -0.1) is 12.4 Å². The first kappa shape index (κ1) is 20.7. The lowest BCUT2D eigenvalue weighted by molar-refractivity contribution is -0.114. The van der Waals surface area contributed by atoms with Crippen LogP contribution in [-0.2, 0) is 19.6 Å². The molecule has 1 aliphatic heterocycles. The number of nitrogens with one attached hydrogen (secondary N) is 2. The molecule has 0 spiro atoms. The smallest absolute Gasteiger partial charge is 0.243 e. The molecule has 4 N–H and O–H groups in total. The number of carbonyl (C=O) groups excluding carboxylic acids is 1. The molecule has 136 valence electrons. The summed E-state index contributed by atoms with van der Waals surface area (Å²) >= 11 is 0. The molecule has 2 rings (SSSR count). The van der Waals surface area contributed by atoms with Gasteiger partial charge in [-0.2, -0.15) is 4.31 Å². The molecule has 0 radical (unpaired) electrons. The molecule has 0 aliphatic carbocycles. The monoisotopic (exact) mass is 378 g/mol. The summed E-state index contributed by atoms with van der Waals surface area (Å²) in [5, 5.41) is 5.71. The Kier molecular flexibility index (Phi) is 7.91. The topological polar surface area (TPSA) is 114 Å². The molecular formula is C14H23ClN4O4S. The number of benzene rings is 1. The Labute approximate surface area is 148 Å². The van der Waals surface area contributed by atoms with Crippen molar-refractivity contribution in [1.82, 2.24) is 4.31 Å². The van der Waals surface area contributed by atoms with Crippen LogP contribution in [0, 0.1) is 0 Å². The number of halogens is 1. The van der Waals surface area contributed by atoms with E-state index in [1.54, 1.807) is 6.07 Å². The normalized spacial score (nSPS) is 15.4. The predicted molar refractivity (Wildman–Crippen MR) is 95.1 cm³/mol. The summed E-state index contributed by atoms with van der Waals surface area (Å²) < 4.78 is 31.9. The zero-order valence-electron chi connectivity index (χ0n) is 13.4. The van der Waals surface area contributed by atoms with Gasteiger partial charge in [0.1, 0.15) is 0 Å². The molecule has 0 saturated carbocycles. The van der Waals surface area contributed by atoms with Gasteiger partial charge in [0.05, 0.1) is 36.0 Å². The average Bonchev–Trinajstić information content (AvgIpc) is 2.57. The van der Waals surface area contributed by atoms with Crippen LogP contribution in [-0.4, -0.2) is 58.0 Å². The van der Waals surface area contributed by atoms with Gasteiger partial charge in [-0.25, -0.2) is 8.42 Å². The summed E-state index contributed by atoms with van der Waals surface area (Å²) in [5.74, 6) is -0.384. The van der Waals surface area contributed by atoms with Gasteiger partial charge in [0.25, 0.3) is 0 Å². The van der Waals surface area contributed by atoms with Crippen LogP contribution in [0.4, 0.5) is 11.4 Å². The number of rotatable bonds is 6. The zero-order chi connectivity index (χ0) is 16.9. The summed E-state index contributed by atoms with van der Waals surface area (Å²) in [7, 11) is -3.62. The third-order valence-corrected chi connectivity index (χ3v) is 5.32. The molecule has 0 unspecified atom stereocenters. The van der Waals surface area contributed by atoms with E-state index < -0.39 is 10.0 Å². The fourth-order valence-electron chi connectivity index (χ4n) is 2.27. The van der Waals surface area contributed by atoms with Crippen molar-refractivity contribution in [1.29, 1.82) is 0 Å². The van der Waals surface area contributed by atoms with Gasteiger partial charge in [0.2, 0.25) is 15.9 Å². The van der Waals surface area contributed by atoms with Crippen molar-refractivity contribution >= 4 is 39.7 Å². The highest BCUT2D eigenvalue weighted by molar-refractivity contribution is 7.89. The van der Waals surface area contributed by atoms with Crippen LogP contribution in [0.3, 0.4) is 0 Å². The molecule has 1 aromatic rings. The number of hydrogen-bond donors (Lipinski definition) is 3. The number of hydrogen-bond acceptors (Lipinski definition) is 6. The van der Waals surface area contributed by atoms with E-state index in [0.717, 1.165) is 0 Å². The van der Waals surface area contributed by atoms with Crippen LogP contribution in [0.5, 0.6) is 0 Å². The second kappa shape index (κ2) is 9.19. The van der Waals surface area contributed by atoms with Crippen molar-refractivity contribution in [3.8, 4) is 0 Å². The molecule has 1 heterocycles. The summed E-state index contributed by atoms with van der Waals surface area (Å²) in [4.78, 5) is 11.7. The van der Waals surface area contributed by atoms with E-state index in [4.69, 9.17) is 10.5 Å². The molecule has 0 bridgehead atoms. The standard InChI is InChI=1S/C14H22N4O4S.ClH/c1-2-16-12-4-3-11(9-13(12)17-14(19)10-15)23(20,21)18-5-7-22-8-6-18;/h3-4,9,16H,2,5-8,10,15H2,1H3,(H,17,19);1H. The van der Waals surface area contributed by atoms with Crippen LogP contribution in [0.2, 0.25) is 0 Å². The highest BCUT2D eigenvalue weighted by Crippen LogP contribution is 2.27. The van der Waals surface area contributed by atoms with Crippen molar-refractivity contribution in [3.63, 3.8) is 0 Å². The largest absolute Gasteiger partial charge is 0.384 e. The quantitative estimate of drug-likeness (QED) is 0.662. The first-order chi connectivity index (χ1) is 11.0. The van der Waals surface area contributed by atoms with Crippen LogP contribution in [0.1, 0.15) is 6.92 Å². The molecule has 1 aromatic carbocycles. The summed E-state index contributed by atoms with van der Waals surface area (Å²) in [6.07, 6.45) is 0. The Morgan fingerprint density at radius 2 is 1.96 bits per heavy atom. The van der Waals surface area contributed by atoms with Crippen LogP contribution >= 0.6 is 12.4 Å². The van der Waals surface area contributed by atoms with Crippen LogP contribution in [0.15, 0.2) is 23.1 Å². The molecule has 1 aliphatic rings. The number of amides is 1. The number of carbonyl (C=O) groups is 1. The second-order valence-electron chi connectivity index (χ2n) is 5.01. The zero-order valence-corrected chi connectivity index (χ0v) is 15.1. The second-order valence-corrected chi connectivity index (χ2v) is 6.94. The number of morpholine rings is 1. The average molecular weight is 379 g/mol. The molecule has 8 nitrogen and oxygen atoms in total. The van der Waals surface area contributed by atoms with Crippen molar-refractivity contribution in [2.75, 3.05) is 50.0 Å². The van der Waals surface area contributed by atoms with Gasteiger partial charge in [0, 0.05) is 19.6 Å². The number of nitrogens with zero attached hydrogens (tertiary/aromatic N) is 1. The summed E-state index contributed by atoms with van der Waals surface area (Å²) in [6.45, 7) is 3.78. The Bertz CT molecular complexity index is 663. The molecule has 0 aromatic heterocycles. The minimum atomic E-state index is -3.62. The minimum Gasteiger partial charge on any atom is -0.384 e. The lowest BCUT2D eigenvalue weighted by Crippen LogP contribution is -2.40. The molecule has 10 heteroatoms. The van der Waals surface area contributed by atoms with Crippen molar-refractivity contribution in [3.05, 3.63) is 18.2 Å². The lowest BCUT2D eigenvalue weighted by Gasteiger charge is -2.26. The number of nitrogens with two attached hydrogens (primary N) is 1. The molecule has 1 saturated heterocycles. The van der Waals surface area contributed by atoms with Gasteiger partial charge < -0.3 is 21.1 Å². The minimum absolute atomic E-state index is 0. The fraction of sp³-hybridized carbons (Fsp3) is 0.500. The Balaban J connectivity index is 0.00000288. The maximum Gasteiger partial charge on any atom is 0.243 e. The van der Waals surface area contributed by atoms with E-state index in [9.17, 15) is 13.2 Å². The Morgan fingerprint density at radius 3 is 2.54 bits per heavy atom. The summed E-state index contributed by atoms with van der Waals surface area (Å²) in [5.41, 5.74) is 6.36. The van der Waals surface area contributed by atoms with E-state index in [0.29, 0.717) is 44.2 Å². The molecule has 1 amide bonds. The van der Waals surface area contributed by atoms with Gasteiger partial charge in [-0.3, -0.25) is 4.79 Å². The van der Waals surface area contributed by atoms with E-state index >= 15 is 0 Å². The third-order valence-electron chi connectivity index (χ3n) is 3.43. The van der Waals surface area contributed by atoms with Gasteiger partial charge in [-0.05, 0) is 25.1 Å². The van der Waals surface area contributed by atoms with Crippen LogP contribution < -0.4 is 16.4 Å². The van der Waals surface area contributed by atoms with Gasteiger partial charge in [0.15, 0.2) is 0 Å². The fourth-order valence-corrected chi connectivity index (χ4v) is 3.70.